The molecular formula is C45H84NO8P. The van der Waals surface area contributed by atoms with Crippen LogP contribution >= 0.6 is 7.82 Å². The number of unbranched alkanes of at least 4 members (excludes halogenated alkanes) is 23. The Kier molecular flexibility index (Phi) is 40.5. The molecule has 55 heavy (non-hydrogen) atoms. The van der Waals surface area contributed by atoms with Crippen LogP contribution in [-0.4, -0.2) is 54.3 Å². The average molecular weight is 798 g/mol. The molecule has 0 aromatic heterocycles. The second-order valence-corrected chi connectivity index (χ2v) is 16.5. The number of aliphatic hydroxyl groups excluding tert-OH is 1. The number of hydrogen-bond donors (Lipinski definition) is 3. The van der Waals surface area contributed by atoms with E-state index in [4.69, 9.17) is 13.8 Å². The molecule has 10 heteroatoms. The van der Waals surface area contributed by atoms with Gasteiger partial charge in [0.25, 0.3) is 0 Å². The summed E-state index contributed by atoms with van der Waals surface area (Å²) in [6, 6.07) is 0. The number of amides is 1. The number of hydrogen-bond acceptors (Lipinski definition) is 7. The monoisotopic (exact) mass is 798 g/mol. The highest BCUT2D eigenvalue weighted by atomic mass is 31.2. The lowest BCUT2D eigenvalue weighted by atomic mass is 10.0. The van der Waals surface area contributed by atoms with Crippen molar-refractivity contribution in [3.8, 4) is 0 Å². The Labute approximate surface area is 337 Å². The molecule has 0 heterocycles. The van der Waals surface area contributed by atoms with Crippen LogP contribution in [0.4, 0.5) is 0 Å². The van der Waals surface area contributed by atoms with Gasteiger partial charge < -0.3 is 20.1 Å². The summed E-state index contributed by atoms with van der Waals surface area (Å²) in [7, 11) is -4.42. The van der Waals surface area contributed by atoms with Crippen LogP contribution in [0.5, 0.6) is 0 Å². The zero-order chi connectivity index (χ0) is 40.3. The Bertz CT molecular complexity index is 1000. The molecule has 0 rings (SSSR count). The second kappa shape index (κ2) is 41.9. The number of rotatable bonds is 42. The molecule has 0 spiro atoms. The van der Waals surface area contributed by atoms with Crippen molar-refractivity contribution in [1.29, 1.82) is 0 Å². The number of ether oxygens (including phenoxy) is 1. The van der Waals surface area contributed by atoms with Gasteiger partial charge in [0.1, 0.15) is 12.7 Å². The van der Waals surface area contributed by atoms with Crippen LogP contribution in [0.1, 0.15) is 206 Å². The SMILES string of the molecule is CC/C=C\C/C=C\C/C=C\CCCCCCCC(=O)OCC(O)COP(=O)(O)OCCNC(=O)CCCCCCCCCCCCCCCCCCCCC. The van der Waals surface area contributed by atoms with Crippen molar-refractivity contribution in [3.63, 3.8) is 0 Å². The van der Waals surface area contributed by atoms with Crippen LogP contribution in [0.2, 0.25) is 0 Å². The largest absolute Gasteiger partial charge is 0.472 e. The van der Waals surface area contributed by atoms with Gasteiger partial charge in [0.05, 0.1) is 13.2 Å². The lowest BCUT2D eigenvalue weighted by Crippen LogP contribution is -2.27. The maximum absolute atomic E-state index is 12.1. The number of aliphatic hydroxyl groups is 1. The summed E-state index contributed by atoms with van der Waals surface area (Å²) < 4.78 is 26.9. The van der Waals surface area contributed by atoms with Gasteiger partial charge in [0.2, 0.25) is 5.91 Å². The third kappa shape index (κ3) is 43.2. The van der Waals surface area contributed by atoms with Crippen molar-refractivity contribution in [2.24, 2.45) is 0 Å². The molecule has 0 aromatic carbocycles. The molecule has 0 fully saturated rings. The Balaban J connectivity index is 3.58. The Morgan fingerprint density at radius 1 is 0.582 bits per heavy atom. The molecule has 3 N–H and O–H groups in total. The summed E-state index contributed by atoms with van der Waals surface area (Å²) in [6.45, 7) is 3.44. The molecule has 2 atom stereocenters. The van der Waals surface area contributed by atoms with E-state index in [2.05, 4.69) is 55.6 Å². The Morgan fingerprint density at radius 2 is 1.04 bits per heavy atom. The molecule has 2 unspecified atom stereocenters. The lowest BCUT2D eigenvalue weighted by molar-refractivity contribution is -0.147. The Morgan fingerprint density at radius 3 is 1.56 bits per heavy atom. The van der Waals surface area contributed by atoms with Gasteiger partial charge in [-0.05, 0) is 44.9 Å². The molecule has 0 aliphatic heterocycles. The number of phosphoric acid groups is 1. The molecule has 0 saturated carbocycles. The molecule has 1 amide bonds. The first-order valence-electron chi connectivity index (χ1n) is 22.5. The fourth-order valence-corrected chi connectivity index (χ4v) is 6.98. The zero-order valence-corrected chi connectivity index (χ0v) is 36.3. The molecule has 0 aliphatic rings. The van der Waals surface area contributed by atoms with Gasteiger partial charge in [-0.15, -0.1) is 0 Å². The Hall–Kier alpha value is -1.77. The summed E-state index contributed by atoms with van der Waals surface area (Å²) in [5.41, 5.74) is 0. The van der Waals surface area contributed by atoms with Crippen LogP contribution < -0.4 is 5.32 Å². The van der Waals surface area contributed by atoms with Crippen molar-refractivity contribution in [1.82, 2.24) is 5.32 Å². The number of phosphoric ester groups is 1. The number of nitrogens with one attached hydrogen (secondary N) is 1. The van der Waals surface area contributed by atoms with Gasteiger partial charge in [0.15, 0.2) is 0 Å². The van der Waals surface area contributed by atoms with E-state index >= 15 is 0 Å². The minimum absolute atomic E-state index is 0.0819. The van der Waals surface area contributed by atoms with E-state index in [0.717, 1.165) is 70.6 Å². The van der Waals surface area contributed by atoms with Gasteiger partial charge in [-0.2, -0.15) is 0 Å². The quantitative estimate of drug-likeness (QED) is 0.0241. The first kappa shape index (κ1) is 53.2. The molecule has 0 radical (unpaired) electrons. The molecule has 322 valence electrons. The highest BCUT2D eigenvalue weighted by Crippen LogP contribution is 2.42. The maximum Gasteiger partial charge on any atom is 0.472 e. The summed E-state index contributed by atoms with van der Waals surface area (Å²) >= 11 is 0. The third-order valence-electron chi connectivity index (χ3n) is 9.58. The number of carbonyl (C=O) groups is 2. The van der Waals surface area contributed by atoms with Crippen molar-refractivity contribution >= 4 is 19.7 Å². The number of allylic oxidation sites excluding steroid dienone is 6. The molecule has 0 bridgehead atoms. The topological polar surface area (TPSA) is 131 Å². The van der Waals surface area contributed by atoms with Crippen LogP contribution in [0, 0.1) is 0 Å². The van der Waals surface area contributed by atoms with E-state index < -0.39 is 26.5 Å². The predicted molar refractivity (Wildman–Crippen MR) is 229 cm³/mol. The first-order chi connectivity index (χ1) is 26.8. The van der Waals surface area contributed by atoms with Crippen molar-refractivity contribution in [3.05, 3.63) is 36.5 Å². The second-order valence-electron chi connectivity index (χ2n) is 15.0. The van der Waals surface area contributed by atoms with Crippen LogP contribution in [0.25, 0.3) is 0 Å². The van der Waals surface area contributed by atoms with E-state index in [1.165, 1.54) is 103 Å². The molecule has 0 aliphatic carbocycles. The minimum atomic E-state index is -4.42. The fourth-order valence-electron chi connectivity index (χ4n) is 6.22. The average Bonchev–Trinajstić information content (AvgIpc) is 3.17. The standard InChI is InChI=1S/C45H84NO8P/c1-3-5-7-9-11-13-15-17-19-20-21-22-24-25-27-29-31-33-35-37-44(48)46-39-40-53-55(50,51)54-42-43(47)41-52-45(49)38-36-34-32-30-28-26-23-18-16-14-12-10-8-6-4-2/h6,8,12,14,18,23,43,47H,3-5,7,9-11,13,15-17,19-22,24-42H2,1-2H3,(H,46,48)(H,50,51)/b8-6-,14-12-,23-18-. The van der Waals surface area contributed by atoms with Gasteiger partial charge in [0, 0.05) is 19.4 Å². The van der Waals surface area contributed by atoms with E-state index in [1.807, 2.05) is 0 Å². The van der Waals surface area contributed by atoms with Crippen molar-refractivity contribution < 1.29 is 37.9 Å². The highest BCUT2D eigenvalue weighted by molar-refractivity contribution is 7.47. The highest BCUT2D eigenvalue weighted by Gasteiger charge is 2.23. The normalized spacial score (nSPS) is 13.6. The molecule has 0 aromatic rings. The van der Waals surface area contributed by atoms with Crippen LogP contribution in [0.3, 0.4) is 0 Å². The molecule has 9 nitrogen and oxygen atoms in total. The van der Waals surface area contributed by atoms with E-state index in [0.29, 0.717) is 12.8 Å². The molecular weight excluding hydrogens is 713 g/mol. The van der Waals surface area contributed by atoms with Gasteiger partial charge >= 0.3 is 13.8 Å². The summed E-state index contributed by atoms with van der Waals surface area (Å²) in [5.74, 6) is -0.528. The minimum Gasteiger partial charge on any atom is -0.463 e. The lowest BCUT2D eigenvalue weighted by Gasteiger charge is -2.15. The van der Waals surface area contributed by atoms with E-state index in [-0.39, 0.29) is 32.1 Å². The summed E-state index contributed by atoms with van der Waals surface area (Å²) in [5, 5.41) is 12.7. The van der Waals surface area contributed by atoms with E-state index in [1.54, 1.807) is 0 Å². The number of carbonyl (C=O) groups excluding carboxylic acids is 2. The molecule has 0 saturated heterocycles. The van der Waals surface area contributed by atoms with Crippen LogP contribution in [-0.2, 0) is 27.9 Å². The predicted octanol–water partition coefficient (Wildman–Crippen LogP) is 12.6. The summed E-state index contributed by atoms with van der Waals surface area (Å²) in [4.78, 5) is 33.9. The van der Waals surface area contributed by atoms with Gasteiger partial charge in [-0.25, -0.2) is 4.57 Å². The maximum atomic E-state index is 12.1. The fraction of sp³-hybridized carbons (Fsp3) is 0.822. The number of esters is 1. The third-order valence-corrected chi connectivity index (χ3v) is 10.6. The van der Waals surface area contributed by atoms with Crippen molar-refractivity contribution in [2.45, 2.75) is 213 Å². The summed E-state index contributed by atoms with van der Waals surface area (Å²) in [6.07, 6.45) is 46.5. The van der Waals surface area contributed by atoms with Crippen molar-refractivity contribution in [2.75, 3.05) is 26.4 Å². The van der Waals surface area contributed by atoms with Crippen LogP contribution in [0.15, 0.2) is 36.5 Å². The first-order valence-corrected chi connectivity index (χ1v) is 24.0. The van der Waals surface area contributed by atoms with Gasteiger partial charge in [-0.3, -0.25) is 18.6 Å². The van der Waals surface area contributed by atoms with E-state index in [9.17, 15) is 24.2 Å². The van der Waals surface area contributed by atoms with Gasteiger partial charge in [-0.1, -0.05) is 185 Å². The zero-order valence-electron chi connectivity index (χ0n) is 35.4. The smallest absolute Gasteiger partial charge is 0.463 e.